The summed E-state index contributed by atoms with van der Waals surface area (Å²) in [6.07, 6.45) is 8.44. The highest BCUT2D eigenvalue weighted by molar-refractivity contribution is 6.04. The van der Waals surface area contributed by atoms with Crippen LogP contribution in [0.1, 0.15) is 34.8 Å². The molecule has 0 saturated heterocycles. The van der Waals surface area contributed by atoms with E-state index in [0.29, 0.717) is 29.8 Å². The van der Waals surface area contributed by atoms with E-state index < -0.39 is 40.2 Å². The van der Waals surface area contributed by atoms with Crippen molar-refractivity contribution in [2.45, 2.75) is 24.8 Å². The average molecular weight is 642 g/mol. The van der Waals surface area contributed by atoms with Gasteiger partial charge in [0, 0.05) is 49.6 Å². The Labute approximate surface area is 264 Å². The number of pyridine rings is 2. The summed E-state index contributed by atoms with van der Waals surface area (Å²) in [5, 5.41) is 15.0. The van der Waals surface area contributed by atoms with Gasteiger partial charge in [-0.1, -0.05) is 0 Å². The minimum absolute atomic E-state index is 0.0289. The van der Waals surface area contributed by atoms with Gasteiger partial charge in [-0.25, -0.2) is 22.7 Å². The van der Waals surface area contributed by atoms with E-state index in [1.807, 2.05) is 19.3 Å². The summed E-state index contributed by atoms with van der Waals surface area (Å²) in [4.78, 5) is 31.7. The number of methoxy groups -OCH3 is 1. The van der Waals surface area contributed by atoms with Gasteiger partial charge in [0.1, 0.15) is 28.8 Å². The van der Waals surface area contributed by atoms with Crippen molar-refractivity contribution in [3.05, 3.63) is 119 Å². The summed E-state index contributed by atoms with van der Waals surface area (Å²) in [5.41, 5.74) is 0.282. The lowest BCUT2D eigenvalue weighted by Gasteiger charge is -2.44. The topological polar surface area (TPSA) is 124 Å². The Balaban J connectivity index is 1.23. The molecule has 1 fully saturated rings. The van der Waals surface area contributed by atoms with Crippen molar-refractivity contribution in [2.75, 3.05) is 17.3 Å². The third kappa shape index (κ3) is 5.45. The molecule has 0 spiro atoms. The molecule has 238 valence electrons. The minimum atomic E-state index is -0.998. The quantitative estimate of drug-likeness (QED) is 0.252. The van der Waals surface area contributed by atoms with Crippen LogP contribution in [-0.4, -0.2) is 53.2 Å². The molecule has 0 bridgehead atoms. The zero-order valence-corrected chi connectivity index (χ0v) is 25.0. The van der Waals surface area contributed by atoms with E-state index in [-0.39, 0.29) is 23.5 Å². The number of hydrogen-bond donors (Lipinski definition) is 1. The normalized spacial score (nSPS) is 15.8. The Bertz CT molecular complexity index is 2190. The van der Waals surface area contributed by atoms with Crippen LogP contribution in [0.25, 0.3) is 11.3 Å². The maximum atomic E-state index is 16.1. The molecule has 1 N–H and O–H groups in total. The molecule has 1 amide bonds. The van der Waals surface area contributed by atoms with Crippen LogP contribution in [0, 0.1) is 17.5 Å². The Kier molecular flexibility index (Phi) is 7.42. The lowest BCUT2D eigenvalue weighted by Crippen LogP contribution is -2.42. The first-order chi connectivity index (χ1) is 22.7. The number of nitrogens with one attached hydrogen (secondary N) is 1. The summed E-state index contributed by atoms with van der Waals surface area (Å²) >= 11 is 0. The van der Waals surface area contributed by atoms with Gasteiger partial charge in [0.15, 0.2) is 5.82 Å². The highest BCUT2D eigenvalue weighted by Crippen LogP contribution is 2.46. The largest absolute Gasteiger partial charge is 0.495 e. The Morgan fingerprint density at radius 1 is 1.00 bits per heavy atom. The monoisotopic (exact) mass is 641 g/mol. The summed E-state index contributed by atoms with van der Waals surface area (Å²) in [5.74, 6) is -2.81. The second-order valence-corrected chi connectivity index (χ2v) is 11.1. The van der Waals surface area contributed by atoms with E-state index in [0.717, 1.165) is 40.8 Å². The summed E-state index contributed by atoms with van der Waals surface area (Å²) in [7, 11) is 3.34. The minimum Gasteiger partial charge on any atom is -0.495 e. The summed E-state index contributed by atoms with van der Waals surface area (Å²) < 4.78 is 54.8. The highest BCUT2D eigenvalue weighted by Gasteiger charge is 2.39. The number of nitrogens with zero attached hydrogens (tertiary/aromatic N) is 8. The predicted molar refractivity (Wildman–Crippen MR) is 165 cm³/mol. The van der Waals surface area contributed by atoms with E-state index in [9.17, 15) is 14.0 Å². The zero-order valence-electron chi connectivity index (χ0n) is 25.0. The smallest absolute Gasteiger partial charge is 0.285 e. The first-order valence-corrected chi connectivity index (χ1v) is 14.5. The van der Waals surface area contributed by atoms with Crippen molar-refractivity contribution in [3.63, 3.8) is 0 Å². The number of anilines is 3. The molecule has 0 unspecified atom stereocenters. The number of ether oxygens (including phenoxy) is 1. The van der Waals surface area contributed by atoms with Crippen molar-refractivity contribution in [3.8, 4) is 11.6 Å². The first-order valence-electron chi connectivity index (χ1n) is 14.5. The number of amides is 1. The Morgan fingerprint density at radius 3 is 2.53 bits per heavy atom. The fraction of sp³-hybridized carbons (Fsp3) is 0.188. The van der Waals surface area contributed by atoms with Crippen molar-refractivity contribution < 1.29 is 22.7 Å². The lowest BCUT2D eigenvalue weighted by atomic mass is 9.77. The average Bonchev–Trinajstić information content (AvgIpc) is 3.69. The summed E-state index contributed by atoms with van der Waals surface area (Å²) in [6.45, 7) is 0. The molecule has 6 aromatic rings. The van der Waals surface area contributed by atoms with E-state index in [1.54, 1.807) is 38.6 Å². The van der Waals surface area contributed by atoms with Gasteiger partial charge in [-0.3, -0.25) is 14.3 Å². The SMILES string of the molecule is COc1cc(N(c2cc(F)c(NC(=O)c3ccnn(-c4ccc(F)cn4)c3=O)cc2F)C2CC(c3ccn(C)n3)C2)c2ccnn2c1. The van der Waals surface area contributed by atoms with Gasteiger partial charge in [-0.05, 0) is 43.2 Å². The molecular formula is C32H26F3N9O3. The molecule has 47 heavy (non-hydrogen) atoms. The number of benzene rings is 1. The van der Waals surface area contributed by atoms with Crippen molar-refractivity contribution in [1.82, 2.24) is 34.2 Å². The highest BCUT2D eigenvalue weighted by atomic mass is 19.1. The summed E-state index contributed by atoms with van der Waals surface area (Å²) in [6, 6.07) is 10.5. The van der Waals surface area contributed by atoms with Gasteiger partial charge in [0.25, 0.3) is 11.5 Å². The Hall–Kier alpha value is -5.99. The first kappa shape index (κ1) is 29.7. The van der Waals surface area contributed by atoms with E-state index in [4.69, 9.17) is 4.74 Å². The molecule has 7 rings (SSSR count). The van der Waals surface area contributed by atoms with Crippen LogP contribution in [0.4, 0.5) is 30.2 Å². The van der Waals surface area contributed by atoms with Gasteiger partial charge in [0.05, 0.1) is 54.0 Å². The number of halogens is 3. The molecule has 12 nitrogen and oxygen atoms in total. The number of fused-ring (bicyclic) bond motifs is 1. The van der Waals surface area contributed by atoms with Crippen LogP contribution >= 0.6 is 0 Å². The van der Waals surface area contributed by atoms with Crippen LogP contribution in [-0.2, 0) is 7.05 Å². The van der Waals surface area contributed by atoms with Crippen LogP contribution in [0.2, 0.25) is 0 Å². The molecule has 1 aliphatic carbocycles. The number of aromatic nitrogens is 7. The molecule has 1 saturated carbocycles. The van der Waals surface area contributed by atoms with Crippen LogP contribution < -0.4 is 20.5 Å². The maximum Gasteiger partial charge on any atom is 0.285 e. The number of aryl methyl sites for hydroxylation is 1. The fourth-order valence-electron chi connectivity index (χ4n) is 5.75. The van der Waals surface area contributed by atoms with Gasteiger partial charge in [0.2, 0.25) is 0 Å². The van der Waals surface area contributed by atoms with Gasteiger partial charge in [-0.15, -0.1) is 0 Å². The zero-order chi connectivity index (χ0) is 32.8. The molecule has 5 heterocycles. The molecule has 0 atom stereocenters. The number of carbonyl (C=O) groups is 1. The number of carbonyl (C=O) groups excluding carboxylic acids is 1. The van der Waals surface area contributed by atoms with Crippen molar-refractivity contribution in [1.29, 1.82) is 0 Å². The Morgan fingerprint density at radius 2 is 1.81 bits per heavy atom. The molecule has 0 aliphatic heterocycles. The molecular weight excluding hydrogens is 615 g/mol. The lowest BCUT2D eigenvalue weighted by molar-refractivity contribution is 0.102. The maximum absolute atomic E-state index is 16.1. The van der Waals surface area contributed by atoms with Gasteiger partial charge < -0.3 is 15.0 Å². The van der Waals surface area contributed by atoms with Crippen molar-refractivity contribution in [2.24, 2.45) is 7.05 Å². The van der Waals surface area contributed by atoms with E-state index in [1.165, 1.54) is 19.4 Å². The predicted octanol–water partition coefficient (Wildman–Crippen LogP) is 4.77. The number of hydrogen-bond acceptors (Lipinski definition) is 8. The van der Waals surface area contributed by atoms with Crippen molar-refractivity contribution >= 4 is 28.5 Å². The fourth-order valence-corrected chi connectivity index (χ4v) is 5.75. The standard InChI is InChI=1S/C32H26F3N9O3/c1-41-10-7-25(40-41)18-11-20(12-18)43(29-13-21(47-2)17-42-27(29)6-9-37-42)28-15-23(34)26(14-24(28)35)39-31(45)22-5-8-38-44(32(22)46)30-4-3-19(33)16-36-30/h3-10,13-18,20H,11-12H2,1-2H3,(H,39,45). The van der Waals surface area contributed by atoms with Gasteiger partial charge >= 0.3 is 0 Å². The molecule has 0 radical (unpaired) electrons. The van der Waals surface area contributed by atoms with Crippen LogP contribution in [0.5, 0.6) is 5.75 Å². The molecule has 5 aromatic heterocycles. The van der Waals surface area contributed by atoms with Gasteiger partial charge in [-0.2, -0.15) is 20.0 Å². The van der Waals surface area contributed by atoms with Crippen LogP contribution in [0.15, 0.2) is 84.3 Å². The molecule has 1 aromatic carbocycles. The third-order valence-electron chi connectivity index (χ3n) is 8.15. The van der Waals surface area contributed by atoms with E-state index in [2.05, 4.69) is 25.6 Å². The van der Waals surface area contributed by atoms with E-state index >= 15 is 8.78 Å². The third-order valence-corrected chi connectivity index (χ3v) is 8.15. The van der Waals surface area contributed by atoms with Crippen LogP contribution in [0.3, 0.4) is 0 Å². The molecule has 15 heteroatoms. The number of rotatable bonds is 8. The molecule has 1 aliphatic rings. The second-order valence-electron chi connectivity index (χ2n) is 11.1. The second kappa shape index (κ2) is 11.7.